The Morgan fingerprint density at radius 3 is 2.58 bits per heavy atom. The van der Waals surface area contributed by atoms with Gasteiger partial charge in [0.15, 0.2) is 0 Å². The van der Waals surface area contributed by atoms with Crippen LogP contribution < -0.4 is 15.5 Å². The molecule has 2 N–H and O–H groups in total. The van der Waals surface area contributed by atoms with Crippen molar-refractivity contribution in [1.29, 1.82) is 0 Å². The van der Waals surface area contributed by atoms with Crippen LogP contribution in [-0.4, -0.2) is 38.0 Å². The summed E-state index contributed by atoms with van der Waals surface area (Å²) in [7, 11) is 0. The van der Waals surface area contributed by atoms with Crippen molar-refractivity contribution >= 4 is 29.9 Å². The van der Waals surface area contributed by atoms with Gasteiger partial charge in [-0.15, -0.1) is 12.4 Å². The van der Waals surface area contributed by atoms with Gasteiger partial charge in [-0.3, -0.25) is 9.59 Å². The topological polar surface area (TPSA) is 61.4 Å². The number of hydrogen-bond donors (Lipinski definition) is 2. The summed E-state index contributed by atoms with van der Waals surface area (Å²) in [6, 6.07) is 4.19. The molecule has 2 heterocycles. The number of hydrogen-bond acceptors (Lipinski definition) is 3. The van der Waals surface area contributed by atoms with E-state index >= 15 is 0 Å². The largest absolute Gasteiger partial charge is 0.356 e. The van der Waals surface area contributed by atoms with Gasteiger partial charge in [0.1, 0.15) is 0 Å². The van der Waals surface area contributed by atoms with E-state index in [0.29, 0.717) is 25.4 Å². The van der Waals surface area contributed by atoms with Gasteiger partial charge in [0.05, 0.1) is 5.92 Å². The molecule has 3 rings (SSSR count). The van der Waals surface area contributed by atoms with Gasteiger partial charge >= 0.3 is 0 Å². The first-order chi connectivity index (χ1) is 12.0. The Hall–Kier alpha value is -1.59. The summed E-state index contributed by atoms with van der Waals surface area (Å²) >= 11 is 0. The highest BCUT2D eigenvalue weighted by atomic mass is 35.5. The third-order valence-electron chi connectivity index (χ3n) is 5.42. The Kier molecular flexibility index (Phi) is 7.07. The molecule has 0 radical (unpaired) electrons. The van der Waals surface area contributed by atoms with Crippen molar-refractivity contribution in [3.63, 3.8) is 0 Å². The van der Waals surface area contributed by atoms with E-state index in [1.165, 1.54) is 12.0 Å². The van der Waals surface area contributed by atoms with E-state index in [4.69, 9.17) is 0 Å². The van der Waals surface area contributed by atoms with Gasteiger partial charge in [0.25, 0.3) is 0 Å². The first-order valence-electron chi connectivity index (χ1n) is 9.32. The lowest BCUT2D eigenvalue weighted by Crippen LogP contribution is -2.34. The molecule has 2 atom stereocenters. The van der Waals surface area contributed by atoms with Crippen LogP contribution in [0.1, 0.15) is 36.0 Å². The van der Waals surface area contributed by atoms with Gasteiger partial charge < -0.3 is 15.5 Å². The molecular formula is C20H30ClN3O2. The summed E-state index contributed by atoms with van der Waals surface area (Å²) in [6.45, 7) is 9.46. The summed E-state index contributed by atoms with van der Waals surface area (Å²) in [5.74, 6) is 0.494. The number of carbonyl (C=O) groups excluding carboxylic acids is 2. The van der Waals surface area contributed by atoms with Crippen LogP contribution in [0.15, 0.2) is 12.1 Å². The van der Waals surface area contributed by atoms with Crippen LogP contribution >= 0.6 is 12.4 Å². The predicted molar refractivity (Wildman–Crippen MR) is 107 cm³/mol. The molecular weight excluding hydrogens is 350 g/mol. The molecule has 1 aromatic carbocycles. The average Bonchev–Trinajstić information content (AvgIpc) is 3.17. The molecule has 0 aliphatic carbocycles. The second-order valence-electron chi connectivity index (χ2n) is 7.59. The number of nitrogens with one attached hydrogen (secondary N) is 2. The van der Waals surface area contributed by atoms with Crippen LogP contribution in [0, 0.1) is 32.6 Å². The highest BCUT2D eigenvalue weighted by Gasteiger charge is 2.36. The molecule has 144 valence electrons. The lowest BCUT2D eigenvalue weighted by Gasteiger charge is -2.22. The smallest absolute Gasteiger partial charge is 0.227 e. The molecule has 2 saturated heterocycles. The number of halogens is 1. The number of anilines is 1. The number of aryl methyl sites for hydroxylation is 3. The number of nitrogens with zero attached hydrogens (tertiary/aromatic N) is 1. The van der Waals surface area contributed by atoms with E-state index in [-0.39, 0.29) is 30.1 Å². The summed E-state index contributed by atoms with van der Waals surface area (Å²) < 4.78 is 0. The summed E-state index contributed by atoms with van der Waals surface area (Å²) in [4.78, 5) is 26.8. The van der Waals surface area contributed by atoms with Gasteiger partial charge in [-0.1, -0.05) is 17.7 Å². The minimum Gasteiger partial charge on any atom is -0.356 e. The SMILES string of the molecule is Cc1cc(C)c(N2CC(C(=O)NCCC3CCNC3)CC2=O)c(C)c1.Cl. The summed E-state index contributed by atoms with van der Waals surface area (Å²) in [6.07, 6.45) is 2.51. The highest BCUT2D eigenvalue weighted by molar-refractivity contribution is 6.01. The maximum Gasteiger partial charge on any atom is 0.227 e. The Balaban J connectivity index is 0.00000243. The van der Waals surface area contributed by atoms with Crippen molar-refractivity contribution in [1.82, 2.24) is 10.6 Å². The van der Waals surface area contributed by atoms with E-state index in [9.17, 15) is 9.59 Å². The minimum atomic E-state index is -0.241. The van der Waals surface area contributed by atoms with Crippen molar-refractivity contribution in [3.8, 4) is 0 Å². The van der Waals surface area contributed by atoms with Gasteiger partial charge in [-0.05, 0) is 63.7 Å². The fourth-order valence-corrected chi connectivity index (χ4v) is 4.20. The number of rotatable bonds is 5. The van der Waals surface area contributed by atoms with Crippen LogP contribution in [0.25, 0.3) is 0 Å². The zero-order chi connectivity index (χ0) is 18.0. The molecule has 0 bridgehead atoms. The molecule has 26 heavy (non-hydrogen) atoms. The van der Waals surface area contributed by atoms with Crippen molar-refractivity contribution in [2.45, 2.75) is 40.0 Å². The molecule has 5 nitrogen and oxygen atoms in total. The minimum absolute atomic E-state index is 0. The predicted octanol–water partition coefficient (Wildman–Crippen LogP) is 2.50. The Labute approximate surface area is 162 Å². The van der Waals surface area contributed by atoms with E-state index in [1.54, 1.807) is 4.90 Å². The lowest BCUT2D eigenvalue weighted by atomic mass is 10.0. The van der Waals surface area contributed by atoms with Crippen molar-refractivity contribution in [2.24, 2.45) is 11.8 Å². The maximum atomic E-state index is 12.5. The molecule has 1 aromatic rings. The van der Waals surface area contributed by atoms with Crippen LogP contribution in [0.3, 0.4) is 0 Å². The normalized spacial score (nSPS) is 22.4. The molecule has 0 spiro atoms. The summed E-state index contributed by atoms with van der Waals surface area (Å²) in [5, 5.41) is 6.38. The van der Waals surface area contributed by atoms with Crippen molar-refractivity contribution < 1.29 is 9.59 Å². The molecule has 0 aromatic heterocycles. The highest BCUT2D eigenvalue weighted by Crippen LogP contribution is 2.31. The van der Waals surface area contributed by atoms with Crippen LogP contribution in [0.5, 0.6) is 0 Å². The number of benzene rings is 1. The Morgan fingerprint density at radius 2 is 1.96 bits per heavy atom. The standard InChI is InChI=1S/C20H29N3O2.ClH/c1-13-8-14(2)19(15(3)9-13)23-12-17(10-18(23)24)20(25)22-7-5-16-4-6-21-11-16;/h8-9,16-17,21H,4-7,10-12H2,1-3H3,(H,22,25);1H. The quantitative estimate of drug-likeness (QED) is 0.826. The second-order valence-corrected chi connectivity index (χ2v) is 7.59. The van der Waals surface area contributed by atoms with E-state index in [2.05, 4.69) is 29.7 Å². The van der Waals surface area contributed by atoms with Gasteiger partial charge in [0.2, 0.25) is 11.8 Å². The Bertz CT molecular complexity index is 648. The molecule has 6 heteroatoms. The zero-order valence-corrected chi connectivity index (χ0v) is 16.7. The second kappa shape index (κ2) is 8.87. The fraction of sp³-hybridized carbons (Fsp3) is 0.600. The monoisotopic (exact) mass is 379 g/mol. The van der Waals surface area contributed by atoms with Gasteiger partial charge in [0, 0.05) is 25.2 Å². The molecule has 2 unspecified atom stereocenters. The molecule has 2 aliphatic rings. The number of carbonyl (C=O) groups is 2. The molecule has 2 fully saturated rings. The molecule has 2 aliphatic heterocycles. The van der Waals surface area contributed by atoms with Crippen LogP contribution in [0.2, 0.25) is 0 Å². The molecule has 2 amide bonds. The Morgan fingerprint density at radius 1 is 1.27 bits per heavy atom. The maximum absolute atomic E-state index is 12.5. The first-order valence-corrected chi connectivity index (χ1v) is 9.32. The average molecular weight is 380 g/mol. The third-order valence-corrected chi connectivity index (χ3v) is 5.42. The van der Waals surface area contributed by atoms with E-state index < -0.39 is 0 Å². The van der Waals surface area contributed by atoms with Crippen LogP contribution in [-0.2, 0) is 9.59 Å². The van der Waals surface area contributed by atoms with Crippen LogP contribution in [0.4, 0.5) is 5.69 Å². The van der Waals surface area contributed by atoms with Gasteiger partial charge in [-0.2, -0.15) is 0 Å². The van der Waals surface area contributed by atoms with E-state index in [1.807, 2.05) is 13.8 Å². The van der Waals surface area contributed by atoms with Gasteiger partial charge in [-0.25, -0.2) is 0 Å². The van der Waals surface area contributed by atoms with Crippen molar-refractivity contribution in [2.75, 3.05) is 31.1 Å². The van der Waals surface area contributed by atoms with Crippen molar-refractivity contribution in [3.05, 3.63) is 28.8 Å². The molecule has 0 saturated carbocycles. The third kappa shape index (κ3) is 4.57. The first kappa shape index (κ1) is 20.7. The number of amides is 2. The fourth-order valence-electron chi connectivity index (χ4n) is 4.20. The van der Waals surface area contributed by atoms with E-state index in [0.717, 1.165) is 36.3 Å². The lowest BCUT2D eigenvalue weighted by molar-refractivity contribution is -0.126. The zero-order valence-electron chi connectivity index (χ0n) is 15.9. The summed E-state index contributed by atoms with van der Waals surface area (Å²) in [5.41, 5.74) is 4.37.